The van der Waals surface area contributed by atoms with Crippen molar-refractivity contribution in [3.8, 4) is 0 Å². The van der Waals surface area contributed by atoms with Crippen molar-refractivity contribution in [2.45, 2.75) is 45.4 Å². The average Bonchev–Trinajstić information content (AvgIpc) is 2.87. The van der Waals surface area contributed by atoms with Crippen LogP contribution < -0.4 is 0 Å². The van der Waals surface area contributed by atoms with E-state index in [1.165, 1.54) is 6.92 Å². The van der Waals surface area contributed by atoms with Crippen molar-refractivity contribution in [1.29, 1.82) is 0 Å². The first kappa shape index (κ1) is 12.2. The lowest BCUT2D eigenvalue weighted by Gasteiger charge is -2.11. The van der Waals surface area contributed by atoms with Crippen LogP contribution in [0.25, 0.3) is 0 Å². The van der Waals surface area contributed by atoms with Crippen LogP contribution >= 0.6 is 0 Å². The average molecular weight is 213 g/mol. The number of rotatable bonds is 7. The smallest absolute Gasteiger partial charge is 0.242 e. The van der Waals surface area contributed by atoms with Gasteiger partial charge in [-0.05, 0) is 12.8 Å². The van der Waals surface area contributed by atoms with Crippen LogP contribution in [0.1, 0.15) is 45.4 Å². The van der Waals surface area contributed by atoms with Crippen LogP contribution in [0.2, 0.25) is 0 Å². The molecule has 0 aromatic heterocycles. The quantitative estimate of drug-likeness (QED) is 0.398. The van der Waals surface area contributed by atoms with Crippen LogP contribution in [0.3, 0.4) is 0 Å². The SMILES string of the molecule is CC(=O)N(O)CCCCCCC1CC1=O. The number of carbonyl (C=O) groups excluding carboxylic acids is 2. The molecule has 1 unspecified atom stereocenters. The van der Waals surface area contributed by atoms with Gasteiger partial charge in [-0.3, -0.25) is 14.8 Å². The van der Waals surface area contributed by atoms with Gasteiger partial charge in [0.15, 0.2) is 0 Å². The van der Waals surface area contributed by atoms with Gasteiger partial charge < -0.3 is 0 Å². The van der Waals surface area contributed by atoms with Crippen molar-refractivity contribution in [2.75, 3.05) is 6.54 Å². The molecule has 1 rings (SSSR count). The molecule has 1 N–H and O–H groups in total. The number of ketones is 1. The van der Waals surface area contributed by atoms with Crippen molar-refractivity contribution in [2.24, 2.45) is 5.92 Å². The fourth-order valence-corrected chi connectivity index (χ4v) is 1.61. The van der Waals surface area contributed by atoms with Crippen LogP contribution in [0, 0.1) is 5.92 Å². The maximum Gasteiger partial charge on any atom is 0.242 e. The molecule has 0 aromatic rings. The summed E-state index contributed by atoms with van der Waals surface area (Å²) >= 11 is 0. The Morgan fingerprint density at radius 1 is 1.40 bits per heavy atom. The minimum atomic E-state index is -0.307. The fraction of sp³-hybridized carbons (Fsp3) is 0.818. The van der Waals surface area contributed by atoms with E-state index >= 15 is 0 Å². The van der Waals surface area contributed by atoms with E-state index < -0.39 is 0 Å². The minimum Gasteiger partial charge on any atom is -0.299 e. The van der Waals surface area contributed by atoms with E-state index in [1.54, 1.807) is 0 Å². The molecular formula is C11H19NO3. The van der Waals surface area contributed by atoms with Gasteiger partial charge in [-0.1, -0.05) is 19.3 Å². The van der Waals surface area contributed by atoms with E-state index in [0.717, 1.165) is 43.6 Å². The van der Waals surface area contributed by atoms with Crippen molar-refractivity contribution in [1.82, 2.24) is 5.06 Å². The number of unbranched alkanes of at least 4 members (excludes halogenated alkanes) is 3. The van der Waals surface area contributed by atoms with Crippen molar-refractivity contribution < 1.29 is 14.8 Å². The molecular weight excluding hydrogens is 194 g/mol. The first-order valence-corrected chi connectivity index (χ1v) is 5.61. The molecule has 0 saturated heterocycles. The van der Waals surface area contributed by atoms with E-state index in [1.807, 2.05) is 0 Å². The molecule has 1 atom stereocenters. The number of nitrogens with zero attached hydrogens (tertiary/aromatic N) is 1. The molecule has 0 aliphatic heterocycles. The number of amides is 1. The summed E-state index contributed by atoms with van der Waals surface area (Å²) in [5, 5.41) is 9.81. The summed E-state index contributed by atoms with van der Waals surface area (Å²) in [6, 6.07) is 0. The largest absolute Gasteiger partial charge is 0.299 e. The number of Topliss-reactive ketones (excluding diaryl/α,β-unsaturated/α-hetero) is 1. The highest BCUT2D eigenvalue weighted by Gasteiger charge is 2.33. The molecule has 15 heavy (non-hydrogen) atoms. The zero-order valence-corrected chi connectivity index (χ0v) is 9.24. The number of carbonyl (C=O) groups is 2. The Balaban J connectivity index is 1.84. The number of hydrogen-bond donors (Lipinski definition) is 1. The third-order valence-electron chi connectivity index (χ3n) is 2.78. The van der Waals surface area contributed by atoms with Gasteiger partial charge in [0, 0.05) is 25.8 Å². The Bertz CT molecular complexity index is 240. The maximum atomic E-state index is 10.7. The zero-order chi connectivity index (χ0) is 11.3. The van der Waals surface area contributed by atoms with Gasteiger partial charge in [-0.2, -0.15) is 0 Å². The van der Waals surface area contributed by atoms with Gasteiger partial charge in [0.1, 0.15) is 5.78 Å². The molecule has 4 heteroatoms. The normalized spacial score (nSPS) is 19.1. The summed E-state index contributed by atoms with van der Waals surface area (Å²) in [6.45, 7) is 1.76. The molecule has 4 nitrogen and oxygen atoms in total. The maximum absolute atomic E-state index is 10.7. The van der Waals surface area contributed by atoms with Crippen LogP contribution in [-0.2, 0) is 9.59 Å². The second kappa shape index (κ2) is 5.85. The van der Waals surface area contributed by atoms with E-state index in [9.17, 15) is 9.59 Å². The molecule has 0 heterocycles. The van der Waals surface area contributed by atoms with Crippen molar-refractivity contribution in [3.63, 3.8) is 0 Å². The van der Waals surface area contributed by atoms with E-state index in [2.05, 4.69) is 0 Å². The Morgan fingerprint density at radius 3 is 2.53 bits per heavy atom. The second-order valence-electron chi connectivity index (χ2n) is 4.21. The molecule has 1 aliphatic rings. The van der Waals surface area contributed by atoms with Crippen LogP contribution in [-0.4, -0.2) is 28.5 Å². The third kappa shape index (κ3) is 4.93. The first-order valence-electron chi connectivity index (χ1n) is 5.61. The van der Waals surface area contributed by atoms with Gasteiger partial charge in [0.25, 0.3) is 0 Å². The van der Waals surface area contributed by atoms with Crippen LogP contribution in [0.5, 0.6) is 0 Å². The molecule has 1 amide bonds. The van der Waals surface area contributed by atoms with Gasteiger partial charge in [0.05, 0.1) is 0 Å². The summed E-state index contributed by atoms with van der Waals surface area (Å²) in [6.07, 6.45) is 5.81. The summed E-state index contributed by atoms with van der Waals surface area (Å²) in [4.78, 5) is 21.3. The summed E-state index contributed by atoms with van der Waals surface area (Å²) in [5.74, 6) is 0.461. The molecule has 0 aromatic carbocycles. The number of hydrogen-bond acceptors (Lipinski definition) is 3. The highest BCUT2D eigenvalue weighted by Crippen LogP contribution is 2.29. The predicted octanol–water partition coefficient (Wildman–Crippen LogP) is 1.76. The Morgan fingerprint density at radius 2 is 2.00 bits per heavy atom. The second-order valence-corrected chi connectivity index (χ2v) is 4.21. The molecule has 1 fully saturated rings. The van der Waals surface area contributed by atoms with Gasteiger partial charge in [-0.25, -0.2) is 5.06 Å². The molecule has 86 valence electrons. The topological polar surface area (TPSA) is 57.6 Å². The summed E-state index contributed by atoms with van der Waals surface area (Å²) < 4.78 is 0. The zero-order valence-electron chi connectivity index (χ0n) is 9.24. The molecule has 1 aliphatic carbocycles. The van der Waals surface area contributed by atoms with E-state index in [0.29, 0.717) is 18.2 Å². The number of hydroxylamine groups is 2. The standard InChI is InChI=1S/C11H19NO3/c1-9(13)12(15)7-5-3-2-4-6-10-8-11(10)14/h10,15H,2-8H2,1H3. The fourth-order valence-electron chi connectivity index (χ4n) is 1.61. The van der Waals surface area contributed by atoms with Crippen molar-refractivity contribution in [3.05, 3.63) is 0 Å². The van der Waals surface area contributed by atoms with Crippen molar-refractivity contribution >= 4 is 11.7 Å². The lowest BCUT2D eigenvalue weighted by atomic mass is 10.1. The van der Waals surface area contributed by atoms with Gasteiger partial charge in [0.2, 0.25) is 5.91 Å². The first-order chi connectivity index (χ1) is 7.11. The van der Waals surface area contributed by atoms with Gasteiger partial charge >= 0.3 is 0 Å². The van der Waals surface area contributed by atoms with E-state index in [4.69, 9.17) is 5.21 Å². The summed E-state index contributed by atoms with van der Waals surface area (Å²) in [5.41, 5.74) is 0. The van der Waals surface area contributed by atoms with E-state index in [-0.39, 0.29) is 5.91 Å². The molecule has 1 saturated carbocycles. The lowest BCUT2D eigenvalue weighted by molar-refractivity contribution is -0.162. The predicted molar refractivity (Wildman–Crippen MR) is 55.4 cm³/mol. The Labute approximate surface area is 90.2 Å². The van der Waals surface area contributed by atoms with Crippen LogP contribution in [0.15, 0.2) is 0 Å². The monoisotopic (exact) mass is 213 g/mol. The highest BCUT2D eigenvalue weighted by atomic mass is 16.5. The third-order valence-corrected chi connectivity index (χ3v) is 2.78. The molecule has 0 spiro atoms. The molecule has 0 radical (unpaired) electrons. The summed E-state index contributed by atoms with van der Waals surface area (Å²) in [7, 11) is 0. The Kier molecular flexibility index (Phi) is 4.75. The Hall–Kier alpha value is -0.900. The highest BCUT2D eigenvalue weighted by molar-refractivity contribution is 5.95. The lowest BCUT2D eigenvalue weighted by Crippen LogP contribution is -2.25. The van der Waals surface area contributed by atoms with Crippen LogP contribution in [0.4, 0.5) is 0 Å². The van der Waals surface area contributed by atoms with Gasteiger partial charge in [-0.15, -0.1) is 0 Å². The molecule has 0 bridgehead atoms. The minimum absolute atomic E-state index is 0.307.